The number of thiazole rings is 1. The fourth-order valence-corrected chi connectivity index (χ4v) is 5.74. The SMILES string of the molecule is CN(C(=O)c1csc(C2CCN(C(=O)CI)CC2)n1)[C@@H]1CCc2ccccc21. The molecule has 7 heteroatoms. The highest BCUT2D eigenvalue weighted by molar-refractivity contribution is 14.1. The summed E-state index contributed by atoms with van der Waals surface area (Å²) in [5.41, 5.74) is 3.16. The van der Waals surface area contributed by atoms with E-state index in [4.69, 9.17) is 4.98 Å². The quantitative estimate of drug-likeness (QED) is 0.462. The van der Waals surface area contributed by atoms with Gasteiger partial charge in [-0.1, -0.05) is 46.9 Å². The zero-order valence-corrected chi connectivity index (χ0v) is 18.9. The molecule has 2 aromatic rings. The van der Waals surface area contributed by atoms with Gasteiger partial charge in [0.2, 0.25) is 5.91 Å². The van der Waals surface area contributed by atoms with Crippen molar-refractivity contribution in [2.24, 2.45) is 0 Å². The summed E-state index contributed by atoms with van der Waals surface area (Å²) in [6.07, 6.45) is 3.85. The number of aryl methyl sites for hydroxylation is 1. The van der Waals surface area contributed by atoms with Gasteiger partial charge in [-0.15, -0.1) is 11.3 Å². The van der Waals surface area contributed by atoms with Crippen molar-refractivity contribution < 1.29 is 9.59 Å². The summed E-state index contributed by atoms with van der Waals surface area (Å²) in [6.45, 7) is 1.57. The maximum absolute atomic E-state index is 13.0. The molecule has 28 heavy (non-hydrogen) atoms. The first kappa shape index (κ1) is 19.8. The number of carbonyl (C=O) groups is 2. The normalized spacial score (nSPS) is 19.5. The van der Waals surface area contributed by atoms with Crippen LogP contribution in [0.2, 0.25) is 0 Å². The van der Waals surface area contributed by atoms with Crippen molar-refractivity contribution in [1.29, 1.82) is 0 Å². The van der Waals surface area contributed by atoms with E-state index >= 15 is 0 Å². The van der Waals surface area contributed by atoms with Crippen LogP contribution in [0.25, 0.3) is 0 Å². The zero-order valence-electron chi connectivity index (χ0n) is 15.9. The first-order valence-corrected chi connectivity index (χ1v) is 12.1. The van der Waals surface area contributed by atoms with E-state index in [2.05, 4.69) is 40.8 Å². The van der Waals surface area contributed by atoms with Gasteiger partial charge in [0.05, 0.1) is 15.5 Å². The molecule has 5 nitrogen and oxygen atoms in total. The van der Waals surface area contributed by atoms with Gasteiger partial charge in [0.1, 0.15) is 5.69 Å². The van der Waals surface area contributed by atoms with Crippen molar-refractivity contribution >= 4 is 45.7 Å². The number of hydrogen-bond acceptors (Lipinski definition) is 4. The minimum Gasteiger partial charge on any atom is -0.342 e. The van der Waals surface area contributed by atoms with Gasteiger partial charge >= 0.3 is 0 Å². The third-order valence-corrected chi connectivity index (χ3v) is 7.60. The Balaban J connectivity index is 1.42. The summed E-state index contributed by atoms with van der Waals surface area (Å²) in [5, 5.41) is 2.93. The van der Waals surface area contributed by atoms with Gasteiger partial charge in [-0.2, -0.15) is 0 Å². The van der Waals surface area contributed by atoms with E-state index in [9.17, 15) is 9.59 Å². The molecule has 0 unspecified atom stereocenters. The number of fused-ring (bicyclic) bond motifs is 1. The van der Waals surface area contributed by atoms with Crippen molar-refractivity contribution in [3.05, 3.63) is 51.5 Å². The Labute approximate surface area is 183 Å². The lowest BCUT2D eigenvalue weighted by atomic mass is 9.97. The molecule has 2 aliphatic rings. The molecular weight excluding hydrogens is 485 g/mol. The second kappa shape index (κ2) is 8.49. The molecule has 2 amide bonds. The molecular formula is C21H24IN3O2S. The molecule has 0 bridgehead atoms. The van der Waals surface area contributed by atoms with Crippen molar-refractivity contribution in [1.82, 2.24) is 14.8 Å². The number of amides is 2. The van der Waals surface area contributed by atoms with Crippen LogP contribution in [0.3, 0.4) is 0 Å². The minimum absolute atomic E-state index is 0.00160. The number of benzene rings is 1. The van der Waals surface area contributed by atoms with E-state index in [1.807, 2.05) is 28.3 Å². The smallest absolute Gasteiger partial charge is 0.273 e. The lowest BCUT2D eigenvalue weighted by Gasteiger charge is -2.30. The van der Waals surface area contributed by atoms with Crippen molar-refractivity contribution in [3.63, 3.8) is 0 Å². The first-order chi connectivity index (χ1) is 13.6. The Hall–Kier alpha value is -1.48. The molecule has 1 aliphatic heterocycles. The number of likely N-dealkylation sites (tertiary alicyclic amines) is 1. The van der Waals surface area contributed by atoms with Gasteiger partial charge in [0, 0.05) is 31.4 Å². The number of hydrogen-bond donors (Lipinski definition) is 0. The Morgan fingerprint density at radius 3 is 2.75 bits per heavy atom. The number of rotatable bonds is 4. The Morgan fingerprint density at radius 1 is 1.25 bits per heavy atom. The van der Waals surface area contributed by atoms with E-state index in [1.54, 1.807) is 11.3 Å². The fraction of sp³-hybridized carbons (Fsp3) is 0.476. The lowest BCUT2D eigenvalue weighted by molar-refractivity contribution is -0.129. The minimum atomic E-state index is 0.00160. The van der Waals surface area contributed by atoms with Gasteiger partial charge in [-0.05, 0) is 36.8 Å². The molecule has 148 valence electrons. The molecule has 1 saturated heterocycles. The molecule has 0 spiro atoms. The maximum Gasteiger partial charge on any atom is 0.273 e. The number of aromatic nitrogens is 1. The van der Waals surface area contributed by atoms with Gasteiger partial charge < -0.3 is 9.80 Å². The van der Waals surface area contributed by atoms with Crippen LogP contribution in [-0.4, -0.2) is 51.2 Å². The summed E-state index contributed by atoms with van der Waals surface area (Å²) in [5.74, 6) is 0.566. The van der Waals surface area contributed by atoms with Gasteiger partial charge in [-0.25, -0.2) is 4.98 Å². The molecule has 0 saturated carbocycles. The highest BCUT2D eigenvalue weighted by atomic mass is 127. The monoisotopic (exact) mass is 509 g/mol. The zero-order chi connectivity index (χ0) is 19.7. The van der Waals surface area contributed by atoms with Crippen molar-refractivity contribution in [2.75, 3.05) is 24.6 Å². The first-order valence-electron chi connectivity index (χ1n) is 9.72. The fourth-order valence-electron chi connectivity index (χ4n) is 4.29. The lowest BCUT2D eigenvalue weighted by Crippen LogP contribution is -2.38. The van der Waals surface area contributed by atoms with E-state index in [0.717, 1.165) is 43.8 Å². The molecule has 0 N–H and O–H groups in total. The van der Waals surface area contributed by atoms with Crippen LogP contribution in [0.5, 0.6) is 0 Å². The molecule has 1 atom stereocenters. The van der Waals surface area contributed by atoms with Crippen LogP contribution in [0.4, 0.5) is 0 Å². The summed E-state index contributed by atoms with van der Waals surface area (Å²) >= 11 is 3.70. The van der Waals surface area contributed by atoms with E-state index in [1.165, 1.54) is 11.1 Å². The van der Waals surface area contributed by atoms with Gasteiger partial charge in [0.15, 0.2) is 0 Å². The molecule has 1 aliphatic carbocycles. The summed E-state index contributed by atoms with van der Waals surface area (Å²) in [7, 11) is 1.89. The highest BCUT2D eigenvalue weighted by Crippen LogP contribution is 2.36. The van der Waals surface area contributed by atoms with Crippen LogP contribution in [-0.2, 0) is 11.2 Å². The van der Waals surface area contributed by atoms with Crippen LogP contribution < -0.4 is 0 Å². The molecule has 1 aromatic carbocycles. The van der Waals surface area contributed by atoms with Crippen LogP contribution in [0.15, 0.2) is 29.6 Å². The second-order valence-electron chi connectivity index (χ2n) is 7.53. The van der Waals surface area contributed by atoms with Crippen molar-refractivity contribution in [2.45, 2.75) is 37.6 Å². The van der Waals surface area contributed by atoms with Gasteiger partial charge in [0.25, 0.3) is 5.91 Å². The molecule has 1 aromatic heterocycles. The summed E-state index contributed by atoms with van der Waals surface area (Å²) in [4.78, 5) is 33.4. The third-order valence-electron chi connectivity index (χ3n) is 5.94. The number of alkyl halides is 1. The average Bonchev–Trinajstić information content (AvgIpc) is 3.40. The predicted molar refractivity (Wildman–Crippen MR) is 119 cm³/mol. The number of piperidine rings is 1. The molecule has 4 rings (SSSR count). The third kappa shape index (κ3) is 3.83. The van der Waals surface area contributed by atoms with Crippen molar-refractivity contribution in [3.8, 4) is 0 Å². The van der Waals surface area contributed by atoms with Crippen LogP contribution in [0, 0.1) is 0 Å². The Morgan fingerprint density at radius 2 is 2.00 bits per heavy atom. The van der Waals surface area contributed by atoms with Gasteiger partial charge in [-0.3, -0.25) is 9.59 Å². The summed E-state index contributed by atoms with van der Waals surface area (Å²) < 4.78 is 0.537. The van der Waals surface area contributed by atoms with E-state index in [-0.39, 0.29) is 17.9 Å². The standard InChI is InChI=1S/C21H24IN3O2S/c1-24(18-7-6-14-4-2-3-5-16(14)18)21(27)17-13-28-20(23-17)15-8-10-25(11-9-15)19(26)12-22/h2-5,13,15,18H,6-12H2,1H3/t18-/m1/s1. The topological polar surface area (TPSA) is 53.5 Å². The number of nitrogens with zero attached hydrogens (tertiary/aromatic N) is 3. The molecule has 1 fully saturated rings. The Kier molecular flexibility index (Phi) is 6.01. The highest BCUT2D eigenvalue weighted by Gasteiger charge is 2.31. The molecule has 0 radical (unpaired) electrons. The van der Waals surface area contributed by atoms with Crippen LogP contribution >= 0.6 is 33.9 Å². The van der Waals surface area contributed by atoms with E-state index in [0.29, 0.717) is 16.0 Å². The second-order valence-corrected chi connectivity index (χ2v) is 9.18. The van der Waals surface area contributed by atoms with Crippen LogP contribution in [0.1, 0.15) is 57.8 Å². The number of halogens is 1. The average molecular weight is 509 g/mol. The largest absolute Gasteiger partial charge is 0.342 e. The summed E-state index contributed by atoms with van der Waals surface area (Å²) in [6, 6.07) is 8.54. The molecule has 2 heterocycles. The predicted octanol–water partition coefficient (Wildman–Crippen LogP) is 4.04. The maximum atomic E-state index is 13.0. The van der Waals surface area contributed by atoms with E-state index < -0.39 is 0 Å². The Bertz CT molecular complexity index is 876. The number of carbonyl (C=O) groups excluding carboxylic acids is 2.